The maximum atomic E-state index is 13.1. The first-order valence-electron chi connectivity index (χ1n) is 11.0. The molecule has 1 fully saturated rings. The van der Waals surface area contributed by atoms with Gasteiger partial charge in [-0.15, -0.1) is 0 Å². The van der Waals surface area contributed by atoms with E-state index in [1.54, 1.807) is 11.8 Å². The van der Waals surface area contributed by atoms with E-state index in [0.717, 1.165) is 42.3 Å². The van der Waals surface area contributed by atoms with Gasteiger partial charge in [0, 0.05) is 18.7 Å². The van der Waals surface area contributed by atoms with Gasteiger partial charge in [-0.1, -0.05) is 24.1 Å². The third-order valence-corrected chi connectivity index (χ3v) is 5.77. The topological polar surface area (TPSA) is 59.4 Å². The molecule has 0 bridgehead atoms. The SMILES string of the molecule is COc1ccc(-c2cc(C(=O)NCCN3CCCCC3)n(-c3ccc(C)cc3)n2)cc1. The number of rotatable bonds is 7. The summed E-state index contributed by atoms with van der Waals surface area (Å²) in [6, 6.07) is 17.6. The van der Waals surface area contributed by atoms with E-state index in [1.807, 2.05) is 61.5 Å². The molecule has 6 nitrogen and oxygen atoms in total. The molecule has 4 rings (SSSR count). The molecule has 162 valence electrons. The predicted octanol–water partition coefficient (Wildman–Crippen LogP) is 4.07. The van der Waals surface area contributed by atoms with Crippen molar-refractivity contribution < 1.29 is 9.53 Å². The van der Waals surface area contributed by atoms with Gasteiger partial charge in [-0.05, 0) is 75.3 Å². The van der Waals surface area contributed by atoms with E-state index < -0.39 is 0 Å². The molecule has 1 N–H and O–H groups in total. The van der Waals surface area contributed by atoms with Crippen LogP contribution in [-0.2, 0) is 0 Å². The lowest BCUT2D eigenvalue weighted by molar-refractivity contribution is 0.0939. The third-order valence-electron chi connectivity index (χ3n) is 5.77. The van der Waals surface area contributed by atoms with Crippen molar-refractivity contribution in [3.8, 4) is 22.7 Å². The Kier molecular flexibility index (Phi) is 6.67. The number of piperidine rings is 1. The molecule has 1 amide bonds. The Morgan fingerprint density at radius 3 is 2.42 bits per heavy atom. The van der Waals surface area contributed by atoms with Crippen LogP contribution in [0.5, 0.6) is 5.75 Å². The second kappa shape index (κ2) is 9.79. The fourth-order valence-corrected chi connectivity index (χ4v) is 3.93. The Labute approximate surface area is 183 Å². The number of carbonyl (C=O) groups is 1. The van der Waals surface area contributed by atoms with Crippen molar-refractivity contribution in [3.63, 3.8) is 0 Å². The molecule has 1 aromatic heterocycles. The summed E-state index contributed by atoms with van der Waals surface area (Å²) >= 11 is 0. The summed E-state index contributed by atoms with van der Waals surface area (Å²) in [6.07, 6.45) is 3.81. The molecule has 0 unspecified atom stereocenters. The average Bonchev–Trinajstić information content (AvgIpc) is 3.26. The van der Waals surface area contributed by atoms with Crippen molar-refractivity contribution >= 4 is 5.91 Å². The first kappa shape index (κ1) is 21.1. The van der Waals surface area contributed by atoms with E-state index in [9.17, 15) is 4.79 Å². The Balaban J connectivity index is 1.56. The summed E-state index contributed by atoms with van der Waals surface area (Å²) in [7, 11) is 1.65. The zero-order valence-corrected chi connectivity index (χ0v) is 18.3. The van der Waals surface area contributed by atoms with Crippen LogP contribution in [-0.4, -0.2) is 53.9 Å². The van der Waals surface area contributed by atoms with Gasteiger partial charge in [0.05, 0.1) is 18.5 Å². The van der Waals surface area contributed by atoms with Crippen LogP contribution in [0.25, 0.3) is 16.9 Å². The maximum Gasteiger partial charge on any atom is 0.270 e. The lowest BCUT2D eigenvalue weighted by Crippen LogP contribution is -2.38. The summed E-state index contributed by atoms with van der Waals surface area (Å²) in [5, 5.41) is 7.85. The zero-order chi connectivity index (χ0) is 21.6. The van der Waals surface area contributed by atoms with Gasteiger partial charge in [0.15, 0.2) is 0 Å². The molecule has 1 aliphatic heterocycles. The first-order chi connectivity index (χ1) is 15.1. The summed E-state index contributed by atoms with van der Waals surface area (Å²) in [4.78, 5) is 15.5. The largest absolute Gasteiger partial charge is 0.497 e. The van der Waals surface area contributed by atoms with Crippen LogP contribution in [0.2, 0.25) is 0 Å². The van der Waals surface area contributed by atoms with E-state index >= 15 is 0 Å². The van der Waals surface area contributed by atoms with Crippen molar-refractivity contribution in [2.45, 2.75) is 26.2 Å². The van der Waals surface area contributed by atoms with Crippen molar-refractivity contribution in [1.29, 1.82) is 0 Å². The number of aromatic nitrogens is 2. The van der Waals surface area contributed by atoms with Crippen molar-refractivity contribution in [3.05, 3.63) is 65.9 Å². The van der Waals surface area contributed by atoms with E-state index in [0.29, 0.717) is 12.2 Å². The van der Waals surface area contributed by atoms with Crippen LogP contribution in [0, 0.1) is 6.92 Å². The van der Waals surface area contributed by atoms with Gasteiger partial charge in [0.1, 0.15) is 11.4 Å². The van der Waals surface area contributed by atoms with Crippen LogP contribution in [0.15, 0.2) is 54.6 Å². The molecule has 0 spiro atoms. The average molecular weight is 419 g/mol. The monoisotopic (exact) mass is 418 g/mol. The second-order valence-corrected chi connectivity index (χ2v) is 8.05. The third kappa shape index (κ3) is 5.14. The fraction of sp³-hybridized carbons (Fsp3) is 0.360. The highest BCUT2D eigenvalue weighted by Gasteiger charge is 2.18. The fourth-order valence-electron chi connectivity index (χ4n) is 3.93. The summed E-state index contributed by atoms with van der Waals surface area (Å²) in [5.41, 5.74) is 4.26. The van der Waals surface area contributed by atoms with Gasteiger partial charge >= 0.3 is 0 Å². The van der Waals surface area contributed by atoms with Gasteiger partial charge in [0.2, 0.25) is 0 Å². The molecule has 2 heterocycles. The van der Waals surface area contributed by atoms with Gasteiger partial charge in [-0.25, -0.2) is 4.68 Å². The van der Waals surface area contributed by atoms with Crippen molar-refractivity contribution in [2.75, 3.05) is 33.3 Å². The molecular weight excluding hydrogens is 388 g/mol. The minimum absolute atomic E-state index is 0.107. The molecule has 2 aromatic carbocycles. The second-order valence-electron chi connectivity index (χ2n) is 8.05. The van der Waals surface area contributed by atoms with E-state index in [2.05, 4.69) is 10.2 Å². The van der Waals surface area contributed by atoms with Crippen LogP contribution < -0.4 is 10.1 Å². The van der Waals surface area contributed by atoms with Crippen LogP contribution in [0.3, 0.4) is 0 Å². The number of carbonyl (C=O) groups excluding carboxylic acids is 1. The number of hydrogen-bond donors (Lipinski definition) is 1. The van der Waals surface area contributed by atoms with Crippen LogP contribution in [0.1, 0.15) is 35.3 Å². The number of amides is 1. The molecule has 1 aliphatic rings. The molecular formula is C25H30N4O2. The number of nitrogens with one attached hydrogen (secondary N) is 1. The summed E-state index contributed by atoms with van der Waals surface area (Å²) < 4.78 is 6.98. The summed E-state index contributed by atoms with van der Waals surface area (Å²) in [6.45, 7) is 5.81. The lowest BCUT2D eigenvalue weighted by Gasteiger charge is -2.26. The molecule has 0 saturated carbocycles. The number of aryl methyl sites for hydroxylation is 1. The van der Waals surface area contributed by atoms with Gasteiger partial charge in [-0.2, -0.15) is 5.10 Å². The molecule has 3 aromatic rings. The molecule has 0 atom stereocenters. The number of nitrogens with zero attached hydrogens (tertiary/aromatic N) is 3. The molecule has 31 heavy (non-hydrogen) atoms. The zero-order valence-electron chi connectivity index (χ0n) is 18.3. The van der Waals surface area contributed by atoms with Gasteiger partial charge in [-0.3, -0.25) is 4.79 Å². The highest BCUT2D eigenvalue weighted by molar-refractivity contribution is 5.94. The Hall–Kier alpha value is -3.12. The van der Waals surface area contributed by atoms with Gasteiger partial charge < -0.3 is 15.0 Å². The number of likely N-dealkylation sites (tertiary alicyclic amines) is 1. The van der Waals surface area contributed by atoms with E-state index in [1.165, 1.54) is 24.8 Å². The predicted molar refractivity (Wildman–Crippen MR) is 123 cm³/mol. The smallest absolute Gasteiger partial charge is 0.270 e. The first-order valence-corrected chi connectivity index (χ1v) is 11.0. The van der Waals surface area contributed by atoms with E-state index in [-0.39, 0.29) is 5.91 Å². The Morgan fingerprint density at radius 2 is 1.74 bits per heavy atom. The Bertz CT molecular complexity index is 1000. The van der Waals surface area contributed by atoms with Gasteiger partial charge in [0.25, 0.3) is 5.91 Å². The normalized spacial score (nSPS) is 14.4. The molecule has 6 heteroatoms. The van der Waals surface area contributed by atoms with Crippen molar-refractivity contribution in [2.24, 2.45) is 0 Å². The standard InChI is InChI=1S/C25H30N4O2/c1-19-6-10-21(11-7-19)29-24(25(30)26-14-17-28-15-4-3-5-16-28)18-23(27-29)20-8-12-22(31-2)13-9-20/h6-13,18H,3-5,14-17H2,1-2H3,(H,26,30). The molecule has 0 radical (unpaired) electrons. The van der Waals surface area contributed by atoms with E-state index in [4.69, 9.17) is 9.84 Å². The van der Waals surface area contributed by atoms with Crippen molar-refractivity contribution in [1.82, 2.24) is 20.0 Å². The molecule has 0 aliphatic carbocycles. The minimum Gasteiger partial charge on any atom is -0.497 e. The summed E-state index contributed by atoms with van der Waals surface area (Å²) in [5.74, 6) is 0.683. The quantitative estimate of drug-likeness (QED) is 0.628. The minimum atomic E-state index is -0.107. The maximum absolute atomic E-state index is 13.1. The molecule has 1 saturated heterocycles. The van der Waals surface area contributed by atoms with Crippen LogP contribution >= 0.6 is 0 Å². The Morgan fingerprint density at radius 1 is 1.03 bits per heavy atom. The van der Waals surface area contributed by atoms with Crippen LogP contribution in [0.4, 0.5) is 0 Å². The lowest BCUT2D eigenvalue weighted by atomic mass is 10.1. The number of hydrogen-bond acceptors (Lipinski definition) is 4. The number of ether oxygens (including phenoxy) is 1. The highest BCUT2D eigenvalue weighted by atomic mass is 16.5. The highest BCUT2D eigenvalue weighted by Crippen LogP contribution is 2.24. The number of methoxy groups -OCH3 is 1. The number of benzene rings is 2.